The van der Waals surface area contributed by atoms with Crippen LogP contribution in [0.1, 0.15) is 6.92 Å². The van der Waals surface area contributed by atoms with Crippen LogP contribution in [0.15, 0.2) is 23.1 Å². The summed E-state index contributed by atoms with van der Waals surface area (Å²) in [7, 11) is 0. The molecule has 1 aromatic carbocycles. The Balaban J connectivity index is 2.45. The Morgan fingerprint density at radius 1 is 1.59 bits per heavy atom. The van der Waals surface area contributed by atoms with Crippen molar-refractivity contribution in [3.8, 4) is 0 Å². The number of aliphatic carboxylic acids is 1. The third-order valence-corrected chi connectivity index (χ3v) is 3.62. The fraction of sp³-hybridized carbons (Fsp3) is 0.273. The summed E-state index contributed by atoms with van der Waals surface area (Å²) in [5, 5.41) is 8.54. The van der Waals surface area contributed by atoms with Crippen molar-refractivity contribution in [3.63, 3.8) is 0 Å². The first kappa shape index (κ1) is 11.8. The van der Waals surface area contributed by atoms with E-state index in [0.29, 0.717) is 11.4 Å². The number of nitrogen functional groups attached to an aromatic ring is 1. The monoisotopic (exact) mass is 252 g/mol. The number of amides is 1. The Kier molecular flexibility index (Phi) is 2.97. The number of thioether (sulfide) groups is 1. The molecule has 1 aliphatic rings. The molecule has 90 valence electrons. The van der Waals surface area contributed by atoms with E-state index in [-0.39, 0.29) is 17.7 Å². The molecule has 0 radical (unpaired) electrons. The third kappa shape index (κ3) is 2.21. The third-order valence-electron chi connectivity index (χ3n) is 2.49. The summed E-state index contributed by atoms with van der Waals surface area (Å²) in [5.41, 5.74) is 6.90. The summed E-state index contributed by atoms with van der Waals surface area (Å²) in [6.07, 6.45) is 0. The van der Waals surface area contributed by atoms with Crippen molar-refractivity contribution in [2.75, 3.05) is 17.2 Å². The molecule has 0 aliphatic carbocycles. The first-order chi connectivity index (χ1) is 7.99. The van der Waals surface area contributed by atoms with E-state index in [2.05, 4.69) is 0 Å². The Hall–Kier alpha value is -1.69. The van der Waals surface area contributed by atoms with E-state index >= 15 is 0 Å². The van der Waals surface area contributed by atoms with E-state index in [0.717, 1.165) is 4.90 Å². The second-order valence-electron chi connectivity index (χ2n) is 3.81. The van der Waals surface area contributed by atoms with Crippen LogP contribution in [0.3, 0.4) is 0 Å². The molecule has 1 atom stereocenters. The van der Waals surface area contributed by atoms with Gasteiger partial charge in [0.2, 0.25) is 5.91 Å². The molecule has 6 heteroatoms. The Morgan fingerprint density at radius 3 is 2.94 bits per heavy atom. The number of anilines is 2. The molecule has 0 aromatic heterocycles. The van der Waals surface area contributed by atoms with E-state index in [4.69, 9.17) is 10.8 Å². The molecule has 17 heavy (non-hydrogen) atoms. The van der Waals surface area contributed by atoms with Gasteiger partial charge in [0.05, 0.1) is 10.9 Å². The average Bonchev–Trinajstić information content (AvgIpc) is 2.24. The molecule has 0 saturated carbocycles. The van der Waals surface area contributed by atoms with Crippen LogP contribution in [-0.4, -0.2) is 28.8 Å². The largest absolute Gasteiger partial charge is 0.480 e. The number of benzene rings is 1. The van der Waals surface area contributed by atoms with Crippen LogP contribution in [0.25, 0.3) is 0 Å². The molecule has 0 spiro atoms. The Labute approximate surface area is 103 Å². The van der Waals surface area contributed by atoms with Crippen LogP contribution >= 0.6 is 11.8 Å². The van der Waals surface area contributed by atoms with E-state index in [1.165, 1.54) is 16.7 Å². The summed E-state index contributed by atoms with van der Waals surface area (Å²) in [4.78, 5) is 24.8. The van der Waals surface area contributed by atoms with E-state index in [9.17, 15) is 9.59 Å². The summed E-state index contributed by atoms with van der Waals surface area (Å²) < 4.78 is 0. The van der Waals surface area contributed by atoms with Gasteiger partial charge >= 0.3 is 5.97 Å². The lowest BCUT2D eigenvalue weighted by Gasteiger charge is -2.31. The molecule has 0 saturated heterocycles. The van der Waals surface area contributed by atoms with Gasteiger partial charge in [-0.15, -0.1) is 11.8 Å². The molecule has 0 fully saturated rings. The zero-order chi connectivity index (χ0) is 12.6. The highest BCUT2D eigenvalue weighted by Gasteiger charge is 2.31. The quantitative estimate of drug-likeness (QED) is 0.772. The minimum absolute atomic E-state index is 0.185. The van der Waals surface area contributed by atoms with Gasteiger partial charge in [-0.05, 0) is 25.1 Å². The smallest absolute Gasteiger partial charge is 0.323 e. The molecule has 3 N–H and O–H groups in total. The van der Waals surface area contributed by atoms with Gasteiger partial charge in [0.1, 0.15) is 6.54 Å². The van der Waals surface area contributed by atoms with Crippen LogP contribution in [0.2, 0.25) is 0 Å². The van der Waals surface area contributed by atoms with Gasteiger partial charge in [-0.25, -0.2) is 0 Å². The van der Waals surface area contributed by atoms with Gasteiger partial charge in [-0.1, -0.05) is 0 Å². The fourth-order valence-electron chi connectivity index (χ4n) is 1.73. The number of carbonyl (C=O) groups excluding carboxylic acids is 1. The molecule has 1 unspecified atom stereocenters. The highest BCUT2D eigenvalue weighted by Crippen LogP contribution is 2.39. The average molecular weight is 252 g/mol. The number of carbonyl (C=O) groups is 2. The fourth-order valence-corrected chi connectivity index (χ4v) is 2.84. The van der Waals surface area contributed by atoms with Crippen molar-refractivity contribution in [2.24, 2.45) is 0 Å². The predicted molar refractivity (Wildman–Crippen MR) is 66.2 cm³/mol. The number of fused-ring (bicyclic) bond motifs is 1. The molecule has 1 aliphatic heterocycles. The summed E-state index contributed by atoms with van der Waals surface area (Å²) in [6.45, 7) is 1.44. The standard InChI is InChI=1S/C11H12N2O3S/c1-6-11(16)13(5-10(14)15)8-3-2-7(12)4-9(8)17-6/h2-4,6H,5,12H2,1H3,(H,14,15). The maximum absolute atomic E-state index is 11.9. The predicted octanol–water partition coefficient (Wildman–Crippen LogP) is 1.18. The van der Waals surface area contributed by atoms with Crippen molar-refractivity contribution >= 4 is 35.0 Å². The van der Waals surface area contributed by atoms with Crippen molar-refractivity contribution < 1.29 is 14.7 Å². The first-order valence-corrected chi connectivity index (χ1v) is 5.96. The highest BCUT2D eigenvalue weighted by atomic mass is 32.2. The lowest BCUT2D eigenvalue weighted by molar-refractivity contribution is -0.136. The summed E-state index contributed by atoms with van der Waals surface area (Å²) in [5.74, 6) is -1.21. The Bertz CT molecular complexity index is 490. The van der Waals surface area contributed by atoms with Gasteiger partial charge in [-0.3, -0.25) is 14.5 Å². The maximum Gasteiger partial charge on any atom is 0.323 e. The number of carboxylic acids is 1. The first-order valence-electron chi connectivity index (χ1n) is 5.08. The van der Waals surface area contributed by atoms with Gasteiger partial charge in [0.25, 0.3) is 0 Å². The van der Waals surface area contributed by atoms with Crippen molar-refractivity contribution in [3.05, 3.63) is 18.2 Å². The van der Waals surface area contributed by atoms with E-state index in [1.54, 1.807) is 25.1 Å². The van der Waals surface area contributed by atoms with Gasteiger partial charge in [0, 0.05) is 10.6 Å². The molecule has 1 aromatic rings. The maximum atomic E-state index is 11.9. The summed E-state index contributed by atoms with van der Waals surface area (Å²) in [6, 6.07) is 5.11. The van der Waals surface area contributed by atoms with Gasteiger partial charge in [0.15, 0.2) is 0 Å². The van der Waals surface area contributed by atoms with Crippen LogP contribution in [0.5, 0.6) is 0 Å². The van der Waals surface area contributed by atoms with E-state index in [1.807, 2.05) is 0 Å². The molecule has 2 rings (SSSR count). The minimum Gasteiger partial charge on any atom is -0.480 e. The van der Waals surface area contributed by atoms with Crippen molar-refractivity contribution in [2.45, 2.75) is 17.1 Å². The SMILES string of the molecule is CC1Sc2cc(N)ccc2N(CC(=O)O)C1=O. The van der Waals surface area contributed by atoms with Gasteiger partial charge in [-0.2, -0.15) is 0 Å². The topological polar surface area (TPSA) is 83.6 Å². The number of hydrogen-bond donors (Lipinski definition) is 2. The second kappa shape index (κ2) is 4.29. The molecule has 1 heterocycles. The normalized spacial score (nSPS) is 19.0. The zero-order valence-electron chi connectivity index (χ0n) is 9.21. The van der Waals surface area contributed by atoms with Crippen LogP contribution in [0, 0.1) is 0 Å². The molecular weight excluding hydrogens is 240 g/mol. The molecular formula is C11H12N2O3S. The highest BCUT2D eigenvalue weighted by molar-refractivity contribution is 8.01. The second-order valence-corrected chi connectivity index (χ2v) is 5.19. The van der Waals surface area contributed by atoms with Crippen LogP contribution in [0.4, 0.5) is 11.4 Å². The number of rotatable bonds is 2. The van der Waals surface area contributed by atoms with Gasteiger partial charge < -0.3 is 10.8 Å². The number of hydrogen-bond acceptors (Lipinski definition) is 4. The summed E-state index contributed by atoms with van der Waals surface area (Å²) >= 11 is 1.40. The van der Waals surface area contributed by atoms with Crippen molar-refractivity contribution in [1.82, 2.24) is 0 Å². The lowest BCUT2D eigenvalue weighted by atomic mass is 10.2. The zero-order valence-corrected chi connectivity index (χ0v) is 10.0. The lowest BCUT2D eigenvalue weighted by Crippen LogP contribution is -2.42. The number of nitrogens with two attached hydrogens (primary N) is 1. The van der Waals surface area contributed by atoms with E-state index < -0.39 is 5.97 Å². The van der Waals surface area contributed by atoms with Crippen LogP contribution < -0.4 is 10.6 Å². The molecule has 0 bridgehead atoms. The van der Waals surface area contributed by atoms with Crippen LogP contribution in [-0.2, 0) is 9.59 Å². The molecule has 5 nitrogen and oxygen atoms in total. The number of carboxylic acid groups (broad SMARTS) is 1. The van der Waals surface area contributed by atoms with Crippen molar-refractivity contribution in [1.29, 1.82) is 0 Å². The molecule has 1 amide bonds. The number of nitrogens with zero attached hydrogens (tertiary/aromatic N) is 1. The Morgan fingerprint density at radius 2 is 2.29 bits per heavy atom. The minimum atomic E-state index is -1.03.